The molecular formula is C24H21N3O2S. The molecule has 30 heavy (non-hydrogen) atoms. The van der Waals surface area contributed by atoms with E-state index in [4.69, 9.17) is 4.74 Å². The van der Waals surface area contributed by atoms with Crippen molar-refractivity contribution in [3.63, 3.8) is 0 Å². The number of thioether (sulfide) groups is 1. The molecule has 1 aromatic heterocycles. The molecule has 6 heteroatoms. The van der Waals surface area contributed by atoms with Crippen LogP contribution in [0.4, 0.5) is 0 Å². The summed E-state index contributed by atoms with van der Waals surface area (Å²) in [7, 11) is 0. The largest absolute Gasteiger partial charge is 0.457 e. The number of Topliss-reactive ketones (excluding diaryl/α,β-unsaturated/α-hetero) is 1. The van der Waals surface area contributed by atoms with Crippen molar-refractivity contribution in [2.24, 2.45) is 0 Å². The smallest absolute Gasteiger partial charge is 0.191 e. The first-order valence-corrected chi connectivity index (χ1v) is 10.6. The molecule has 0 radical (unpaired) electrons. The summed E-state index contributed by atoms with van der Waals surface area (Å²) < 4.78 is 7.81. The number of carbonyl (C=O) groups excluding carboxylic acids is 1. The Morgan fingerprint density at radius 1 is 0.867 bits per heavy atom. The molecule has 0 aliphatic rings. The van der Waals surface area contributed by atoms with Gasteiger partial charge in [0.05, 0.1) is 12.3 Å². The molecule has 0 bridgehead atoms. The summed E-state index contributed by atoms with van der Waals surface area (Å²) in [4.78, 5) is 12.6. The summed E-state index contributed by atoms with van der Waals surface area (Å²) in [6.07, 6.45) is 0. The standard InChI is InChI=1S/C24H21N3O2S/c1-18-25-26-24(27(18)16-19-8-4-2-5-9-19)30-17-23(28)20-12-14-22(15-13-20)29-21-10-6-3-7-11-21/h2-15H,16-17H2,1H3. The molecule has 0 spiro atoms. The molecule has 0 unspecified atom stereocenters. The number of aryl methyl sites for hydroxylation is 1. The molecule has 0 aliphatic heterocycles. The van der Waals surface area contributed by atoms with E-state index in [2.05, 4.69) is 22.3 Å². The number of nitrogens with zero attached hydrogens (tertiary/aromatic N) is 3. The molecule has 3 aromatic carbocycles. The molecule has 0 fully saturated rings. The van der Waals surface area contributed by atoms with Crippen molar-refractivity contribution < 1.29 is 9.53 Å². The molecule has 0 saturated heterocycles. The van der Waals surface area contributed by atoms with Crippen LogP contribution in [0.15, 0.2) is 90.1 Å². The maximum absolute atomic E-state index is 12.6. The van der Waals surface area contributed by atoms with E-state index >= 15 is 0 Å². The first-order valence-electron chi connectivity index (χ1n) is 9.62. The summed E-state index contributed by atoms with van der Waals surface area (Å²) >= 11 is 1.41. The van der Waals surface area contributed by atoms with Gasteiger partial charge in [-0.05, 0) is 48.9 Å². The maximum atomic E-state index is 12.6. The summed E-state index contributed by atoms with van der Waals surface area (Å²) in [6, 6.07) is 26.9. The lowest BCUT2D eigenvalue weighted by atomic mass is 10.1. The van der Waals surface area contributed by atoms with Crippen LogP contribution in [0.3, 0.4) is 0 Å². The Morgan fingerprint density at radius 3 is 2.20 bits per heavy atom. The molecule has 4 aromatic rings. The number of hydrogen-bond donors (Lipinski definition) is 0. The molecule has 5 nitrogen and oxygen atoms in total. The quantitative estimate of drug-likeness (QED) is 0.285. The number of ketones is 1. The predicted molar refractivity (Wildman–Crippen MR) is 118 cm³/mol. The van der Waals surface area contributed by atoms with Gasteiger partial charge in [0.25, 0.3) is 0 Å². The fraction of sp³-hybridized carbons (Fsp3) is 0.125. The molecular weight excluding hydrogens is 394 g/mol. The number of hydrogen-bond acceptors (Lipinski definition) is 5. The van der Waals surface area contributed by atoms with E-state index in [0.29, 0.717) is 23.6 Å². The predicted octanol–water partition coefficient (Wildman–Crippen LogP) is 5.40. The van der Waals surface area contributed by atoms with Crippen LogP contribution < -0.4 is 4.74 Å². The lowest BCUT2D eigenvalue weighted by Crippen LogP contribution is -2.07. The van der Waals surface area contributed by atoms with Crippen LogP contribution in [0.5, 0.6) is 11.5 Å². The van der Waals surface area contributed by atoms with Gasteiger partial charge in [-0.25, -0.2) is 0 Å². The Balaban J connectivity index is 1.38. The number of aromatic nitrogens is 3. The molecule has 0 N–H and O–H groups in total. The highest BCUT2D eigenvalue weighted by Crippen LogP contribution is 2.23. The summed E-state index contributed by atoms with van der Waals surface area (Å²) in [5, 5.41) is 9.17. The van der Waals surface area contributed by atoms with Gasteiger partial charge in [-0.2, -0.15) is 0 Å². The van der Waals surface area contributed by atoms with Crippen molar-refractivity contribution in [3.8, 4) is 11.5 Å². The van der Waals surface area contributed by atoms with E-state index < -0.39 is 0 Å². The Hall–Kier alpha value is -3.38. The van der Waals surface area contributed by atoms with Crippen LogP contribution in [-0.2, 0) is 6.54 Å². The minimum absolute atomic E-state index is 0.0400. The average molecular weight is 416 g/mol. The van der Waals surface area contributed by atoms with E-state index in [1.165, 1.54) is 17.3 Å². The van der Waals surface area contributed by atoms with Crippen LogP contribution in [0, 0.1) is 6.92 Å². The Bertz CT molecular complexity index is 1110. The minimum Gasteiger partial charge on any atom is -0.457 e. The second kappa shape index (κ2) is 9.41. The highest BCUT2D eigenvalue weighted by molar-refractivity contribution is 7.99. The van der Waals surface area contributed by atoms with Gasteiger partial charge >= 0.3 is 0 Å². The van der Waals surface area contributed by atoms with Crippen LogP contribution in [0.2, 0.25) is 0 Å². The highest BCUT2D eigenvalue weighted by atomic mass is 32.2. The first kappa shape index (κ1) is 19.9. The van der Waals surface area contributed by atoms with E-state index in [9.17, 15) is 4.79 Å². The number of ether oxygens (including phenoxy) is 1. The van der Waals surface area contributed by atoms with Crippen molar-refractivity contribution in [2.75, 3.05) is 5.75 Å². The number of carbonyl (C=O) groups is 1. The van der Waals surface area contributed by atoms with Crippen molar-refractivity contribution in [3.05, 3.63) is 102 Å². The van der Waals surface area contributed by atoms with Gasteiger partial charge in [0.2, 0.25) is 0 Å². The Labute approximate surface area is 179 Å². The van der Waals surface area contributed by atoms with Gasteiger partial charge in [-0.15, -0.1) is 10.2 Å². The maximum Gasteiger partial charge on any atom is 0.191 e. The lowest BCUT2D eigenvalue weighted by molar-refractivity contribution is 0.102. The zero-order valence-corrected chi connectivity index (χ0v) is 17.4. The van der Waals surface area contributed by atoms with E-state index in [1.54, 1.807) is 12.1 Å². The average Bonchev–Trinajstić information content (AvgIpc) is 3.13. The number of benzene rings is 3. The molecule has 0 saturated carbocycles. The number of para-hydroxylation sites is 1. The molecule has 4 rings (SSSR count). The van der Waals surface area contributed by atoms with Crippen molar-refractivity contribution in [1.82, 2.24) is 14.8 Å². The van der Waals surface area contributed by atoms with Crippen molar-refractivity contribution >= 4 is 17.5 Å². The Morgan fingerprint density at radius 2 is 1.50 bits per heavy atom. The van der Waals surface area contributed by atoms with Gasteiger partial charge in [0.15, 0.2) is 10.9 Å². The van der Waals surface area contributed by atoms with E-state index in [0.717, 1.165) is 16.7 Å². The van der Waals surface area contributed by atoms with Gasteiger partial charge in [-0.1, -0.05) is 60.3 Å². The molecule has 0 aliphatic carbocycles. The molecule has 150 valence electrons. The summed E-state index contributed by atoms with van der Waals surface area (Å²) in [5.74, 6) is 2.63. The third-order valence-electron chi connectivity index (χ3n) is 4.57. The number of rotatable bonds is 8. The third kappa shape index (κ3) is 4.96. The zero-order chi connectivity index (χ0) is 20.8. The second-order valence-electron chi connectivity index (χ2n) is 6.75. The van der Waals surface area contributed by atoms with Crippen LogP contribution in [0.25, 0.3) is 0 Å². The normalized spacial score (nSPS) is 10.7. The molecule has 0 atom stereocenters. The van der Waals surface area contributed by atoms with Gasteiger partial charge < -0.3 is 9.30 Å². The van der Waals surface area contributed by atoms with Crippen LogP contribution in [-0.4, -0.2) is 26.3 Å². The molecule has 0 amide bonds. The SMILES string of the molecule is Cc1nnc(SCC(=O)c2ccc(Oc3ccccc3)cc2)n1Cc1ccccc1. The van der Waals surface area contributed by atoms with Gasteiger partial charge in [0, 0.05) is 5.56 Å². The third-order valence-corrected chi connectivity index (χ3v) is 5.54. The fourth-order valence-electron chi connectivity index (χ4n) is 2.96. The monoisotopic (exact) mass is 415 g/mol. The molecule has 1 heterocycles. The second-order valence-corrected chi connectivity index (χ2v) is 7.70. The van der Waals surface area contributed by atoms with E-state index in [1.807, 2.05) is 72.2 Å². The van der Waals surface area contributed by atoms with Crippen LogP contribution in [0.1, 0.15) is 21.7 Å². The fourth-order valence-corrected chi connectivity index (χ4v) is 3.84. The van der Waals surface area contributed by atoms with E-state index in [-0.39, 0.29) is 5.78 Å². The van der Waals surface area contributed by atoms with Crippen molar-refractivity contribution in [1.29, 1.82) is 0 Å². The zero-order valence-electron chi connectivity index (χ0n) is 16.6. The minimum atomic E-state index is 0.0400. The lowest BCUT2D eigenvalue weighted by Gasteiger charge is -2.09. The highest BCUT2D eigenvalue weighted by Gasteiger charge is 2.13. The topological polar surface area (TPSA) is 57.0 Å². The van der Waals surface area contributed by atoms with Gasteiger partial charge in [0.1, 0.15) is 17.3 Å². The van der Waals surface area contributed by atoms with Crippen molar-refractivity contribution in [2.45, 2.75) is 18.6 Å². The van der Waals surface area contributed by atoms with Crippen LogP contribution >= 0.6 is 11.8 Å². The summed E-state index contributed by atoms with van der Waals surface area (Å²) in [5.41, 5.74) is 1.82. The first-order chi connectivity index (χ1) is 14.7. The van der Waals surface area contributed by atoms with Gasteiger partial charge in [-0.3, -0.25) is 4.79 Å². The summed E-state index contributed by atoms with van der Waals surface area (Å²) in [6.45, 7) is 2.61. The Kier molecular flexibility index (Phi) is 6.25.